The van der Waals surface area contributed by atoms with Crippen molar-refractivity contribution in [3.8, 4) is 6.07 Å². The molecule has 0 aliphatic rings. The van der Waals surface area contributed by atoms with Crippen LogP contribution in [0.4, 0.5) is 0 Å². The Kier molecular flexibility index (Phi) is 3.42. The Morgan fingerprint density at radius 3 is 3.00 bits per heavy atom. The lowest BCUT2D eigenvalue weighted by molar-refractivity contribution is 0.0702. The third kappa shape index (κ3) is 2.84. The molecule has 0 atom stereocenters. The first-order valence-electron chi connectivity index (χ1n) is 4.55. The molecule has 84 valence electrons. The van der Waals surface area contributed by atoms with Crippen molar-refractivity contribution >= 4 is 29.1 Å². The van der Waals surface area contributed by atoms with Crippen LogP contribution in [-0.4, -0.2) is 16.1 Å². The lowest BCUT2D eigenvalue weighted by Gasteiger charge is -1.97. The molecule has 0 bridgehead atoms. The van der Waals surface area contributed by atoms with Crippen LogP contribution >= 0.6 is 23.1 Å². The minimum atomic E-state index is -0.930. The van der Waals surface area contributed by atoms with Gasteiger partial charge in [0.05, 0.1) is 11.6 Å². The number of thiophene rings is 1. The van der Waals surface area contributed by atoms with Gasteiger partial charge in [0.2, 0.25) is 0 Å². The summed E-state index contributed by atoms with van der Waals surface area (Å²) in [4.78, 5) is 15.9. The van der Waals surface area contributed by atoms with Crippen molar-refractivity contribution in [3.05, 3.63) is 40.2 Å². The van der Waals surface area contributed by atoms with E-state index in [4.69, 9.17) is 10.4 Å². The van der Waals surface area contributed by atoms with Gasteiger partial charge in [-0.05, 0) is 18.2 Å². The van der Waals surface area contributed by atoms with E-state index in [0.717, 1.165) is 4.90 Å². The molecule has 0 fully saturated rings. The largest absolute Gasteiger partial charge is 0.477 e. The molecule has 1 N–H and O–H groups in total. The van der Waals surface area contributed by atoms with Crippen LogP contribution in [0.15, 0.2) is 39.7 Å². The van der Waals surface area contributed by atoms with Gasteiger partial charge in [-0.25, -0.2) is 9.78 Å². The van der Waals surface area contributed by atoms with Crippen molar-refractivity contribution in [2.24, 2.45) is 0 Å². The fourth-order valence-corrected chi connectivity index (χ4v) is 2.88. The molecule has 2 aromatic rings. The first-order chi connectivity index (χ1) is 8.19. The normalized spacial score (nSPS) is 9.82. The zero-order valence-electron chi connectivity index (χ0n) is 8.45. The molecule has 0 spiro atoms. The Labute approximate surface area is 106 Å². The summed E-state index contributed by atoms with van der Waals surface area (Å²) in [7, 11) is 0. The van der Waals surface area contributed by atoms with Gasteiger partial charge in [-0.15, -0.1) is 11.3 Å². The van der Waals surface area contributed by atoms with Crippen molar-refractivity contribution in [2.75, 3.05) is 0 Å². The Balaban J connectivity index is 2.19. The standard InChI is InChI=1S/C11H6N2O2S2/c12-5-7-1-2-13-10(3-7)17-8-4-9(11(14)15)16-6-8/h1-4,6H,(H,14,15). The van der Waals surface area contributed by atoms with Crippen LogP contribution in [0.5, 0.6) is 0 Å². The average Bonchev–Trinajstić information content (AvgIpc) is 2.78. The van der Waals surface area contributed by atoms with Gasteiger partial charge in [0.15, 0.2) is 0 Å². The molecule has 2 heterocycles. The second-order valence-electron chi connectivity index (χ2n) is 3.05. The number of carboxylic acid groups (broad SMARTS) is 1. The summed E-state index contributed by atoms with van der Waals surface area (Å²) in [5.74, 6) is -0.930. The van der Waals surface area contributed by atoms with Crippen LogP contribution in [0.2, 0.25) is 0 Å². The summed E-state index contributed by atoms with van der Waals surface area (Å²) in [6, 6.07) is 6.92. The molecule has 6 heteroatoms. The average molecular weight is 262 g/mol. The Morgan fingerprint density at radius 2 is 2.35 bits per heavy atom. The van der Waals surface area contributed by atoms with Crippen molar-refractivity contribution in [1.82, 2.24) is 4.98 Å². The van der Waals surface area contributed by atoms with E-state index >= 15 is 0 Å². The number of carbonyl (C=O) groups is 1. The van der Waals surface area contributed by atoms with Gasteiger partial charge < -0.3 is 5.11 Å². The highest BCUT2D eigenvalue weighted by Crippen LogP contribution is 2.30. The van der Waals surface area contributed by atoms with Crippen LogP contribution in [0.25, 0.3) is 0 Å². The Hall–Kier alpha value is -1.84. The first kappa shape index (κ1) is 11.6. The van der Waals surface area contributed by atoms with Crippen molar-refractivity contribution in [2.45, 2.75) is 9.92 Å². The number of carboxylic acids is 1. The fraction of sp³-hybridized carbons (Fsp3) is 0. The lowest BCUT2D eigenvalue weighted by atomic mass is 10.3. The molecule has 17 heavy (non-hydrogen) atoms. The number of rotatable bonds is 3. The van der Waals surface area contributed by atoms with Gasteiger partial charge in [-0.3, -0.25) is 0 Å². The predicted octanol–water partition coefficient (Wildman–Crippen LogP) is 2.86. The van der Waals surface area contributed by atoms with E-state index in [2.05, 4.69) is 4.98 Å². The van der Waals surface area contributed by atoms with Gasteiger partial charge >= 0.3 is 5.97 Å². The third-order valence-electron chi connectivity index (χ3n) is 1.87. The molecule has 2 rings (SSSR count). The smallest absolute Gasteiger partial charge is 0.345 e. The maximum absolute atomic E-state index is 10.7. The van der Waals surface area contributed by atoms with Gasteiger partial charge in [0, 0.05) is 16.5 Å². The summed E-state index contributed by atoms with van der Waals surface area (Å²) < 4.78 is 0. The number of aromatic nitrogens is 1. The predicted molar refractivity (Wildman–Crippen MR) is 64.4 cm³/mol. The molecular formula is C11H6N2O2S2. The first-order valence-corrected chi connectivity index (χ1v) is 6.24. The van der Waals surface area contributed by atoms with Crippen LogP contribution in [0.1, 0.15) is 15.2 Å². The SMILES string of the molecule is N#Cc1ccnc(Sc2csc(C(=O)O)c2)c1. The zero-order chi connectivity index (χ0) is 12.3. The molecule has 0 amide bonds. The minimum Gasteiger partial charge on any atom is -0.477 e. The second-order valence-corrected chi connectivity index (χ2v) is 5.05. The summed E-state index contributed by atoms with van der Waals surface area (Å²) in [5, 5.41) is 20.0. The quantitative estimate of drug-likeness (QED) is 0.920. The summed E-state index contributed by atoms with van der Waals surface area (Å²) in [5.41, 5.74) is 0.538. The third-order valence-corrected chi connectivity index (χ3v) is 3.84. The van der Waals surface area contributed by atoms with Gasteiger partial charge in [0.1, 0.15) is 9.90 Å². The van der Waals surface area contributed by atoms with E-state index < -0.39 is 5.97 Å². The van der Waals surface area contributed by atoms with Gasteiger partial charge in [0.25, 0.3) is 0 Å². The highest BCUT2D eigenvalue weighted by molar-refractivity contribution is 7.99. The molecule has 0 unspecified atom stereocenters. The van der Waals surface area contributed by atoms with Crippen LogP contribution in [0.3, 0.4) is 0 Å². The summed E-state index contributed by atoms with van der Waals surface area (Å²) in [6.07, 6.45) is 1.56. The molecule has 0 saturated carbocycles. The van der Waals surface area contributed by atoms with Crippen LogP contribution in [0, 0.1) is 11.3 Å². The van der Waals surface area contributed by atoms with E-state index in [9.17, 15) is 4.79 Å². The van der Waals surface area contributed by atoms with Crippen molar-refractivity contribution in [3.63, 3.8) is 0 Å². The summed E-state index contributed by atoms with van der Waals surface area (Å²) >= 11 is 2.51. The Morgan fingerprint density at radius 1 is 1.53 bits per heavy atom. The van der Waals surface area contributed by atoms with E-state index in [-0.39, 0.29) is 0 Å². The molecule has 0 aromatic carbocycles. The topological polar surface area (TPSA) is 74.0 Å². The maximum atomic E-state index is 10.7. The minimum absolute atomic E-state index is 0.295. The highest BCUT2D eigenvalue weighted by atomic mass is 32.2. The Bertz CT molecular complexity index is 602. The second kappa shape index (κ2) is 4.99. The van der Waals surface area contributed by atoms with Gasteiger partial charge in [-0.2, -0.15) is 5.26 Å². The molecule has 0 radical (unpaired) electrons. The molecule has 4 nitrogen and oxygen atoms in total. The van der Waals surface area contributed by atoms with E-state index in [1.807, 2.05) is 6.07 Å². The maximum Gasteiger partial charge on any atom is 0.345 e. The molecular weight excluding hydrogens is 256 g/mol. The van der Waals surface area contributed by atoms with Crippen LogP contribution in [-0.2, 0) is 0 Å². The van der Waals surface area contributed by atoms with Crippen molar-refractivity contribution < 1.29 is 9.90 Å². The lowest BCUT2D eigenvalue weighted by Crippen LogP contribution is -1.89. The number of aromatic carboxylic acids is 1. The number of hydrogen-bond acceptors (Lipinski definition) is 5. The molecule has 0 aliphatic carbocycles. The molecule has 2 aromatic heterocycles. The van der Waals surface area contributed by atoms with Crippen molar-refractivity contribution in [1.29, 1.82) is 5.26 Å². The van der Waals surface area contributed by atoms with Crippen LogP contribution < -0.4 is 0 Å². The number of nitrogens with zero attached hydrogens (tertiary/aromatic N) is 2. The summed E-state index contributed by atoms with van der Waals surface area (Å²) in [6.45, 7) is 0. The number of hydrogen-bond donors (Lipinski definition) is 1. The van der Waals surface area contributed by atoms with E-state index in [1.165, 1.54) is 23.1 Å². The monoisotopic (exact) mass is 262 g/mol. The van der Waals surface area contributed by atoms with E-state index in [0.29, 0.717) is 15.5 Å². The number of pyridine rings is 1. The molecule has 0 aliphatic heterocycles. The van der Waals surface area contributed by atoms with E-state index in [1.54, 1.807) is 29.8 Å². The number of nitriles is 1. The fourth-order valence-electron chi connectivity index (χ4n) is 1.14. The molecule has 0 saturated heterocycles. The highest BCUT2D eigenvalue weighted by Gasteiger charge is 2.08. The van der Waals surface area contributed by atoms with Gasteiger partial charge in [-0.1, -0.05) is 11.8 Å². The zero-order valence-corrected chi connectivity index (χ0v) is 10.1.